The first-order valence-electron chi connectivity index (χ1n) is 5.31. The Labute approximate surface area is 108 Å². The summed E-state index contributed by atoms with van der Waals surface area (Å²) in [6, 6.07) is 3.80. The molecule has 0 aromatic carbocycles. The minimum Gasteiger partial charge on any atom is -0.387 e. The van der Waals surface area contributed by atoms with Gasteiger partial charge < -0.3 is 5.11 Å². The zero-order chi connectivity index (χ0) is 12.3. The lowest BCUT2D eigenvalue weighted by molar-refractivity contribution is 0.169. The minimum atomic E-state index is -0.474. The van der Waals surface area contributed by atoms with Gasteiger partial charge >= 0.3 is 0 Å². The fourth-order valence-corrected chi connectivity index (χ4v) is 3.04. The van der Waals surface area contributed by atoms with Gasteiger partial charge in [0.2, 0.25) is 0 Å². The molecule has 0 radical (unpaired) electrons. The van der Waals surface area contributed by atoms with Crippen LogP contribution in [0.1, 0.15) is 30.2 Å². The van der Waals surface area contributed by atoms with Gasteiger partial charge in [-0.3, -0.25) is 4.98 Å². The molecule has 0 saturated heterocycles. The third-order valence-corrected chi connectivity index (χ3v) is 4.07. The Morgan fingerprint density at radius 1 is 1.41 bits per heavy atom. The summed E-state index contributed by atoms with van der Waals surface area (Å²) < 4.78 is 0.910. The van der Waals surface area contributed by atoms with Crippen LogP contribution in [0.5, 0.6) is 0 Å². The van der Waals surface area contributed by atoms with Gasteiger partial charge in [-0.2, -0.15) is 0 Å². The van der Waals surface area contributed by atoms with Crippen molar-refractivity contribution in [2.75, 3.05) is 0 Å². The summed E-state index contributed by atoms with van der Waals surface area (Å²) in [5, 5.41) is 18.6. The lowest BCUT2D eigenvalue weighted by atomic mass is 10.2. The van der Waals surface area contributed by atoms with Crippen molar-refractivity contribution in [2.24, 2.45) is 0 Å². The first-order valence-corrected chi connectivity index (χ1v) is 6.94. The van der Waals surface area contributed by atoms with Gasteiger partial charge in [0.05, 0.1) is 11.8 Å². The quantitative estimate of drug-likeness (QED) is 0.923. The van der Waals surface area contributed by atoms with Crippen LogP contribution < -0.4 is 0 Å². The summed E-state index contributed by atoms with van der Waals surface area (Å²) in [5.74, 6) is 0. The normalized spacial score (nSPS) is 12.6. The highest BCUT2D eigenvalue weighted by atomic mass is 32.2. The van der Waals surface area contributed by atoms with Crippen LogP contribution in [0.3, 0.4) is 0 Å². The van der Waals surface area contributed by atoms with Crippen LogP contribution >= 0.6 is 23.1 Å². The molecule has 6 heteroatoms. The van der Waals surface area contributed by atoms with Crippen molar-refractivity contribution >= 4 is 23.1 Å². The molecule has 0 aliphatic rings. The van der Waals surface area contributed by atoms with Crippen molar-refractivity contribution in [2.45, 2.75) is 35.6 Å². The van der Waals surface area contributed by atoms with Gasteiger partial charge in [0.25, 0.3) is 0 Å². The van der Waals surface area contributed by atoms with Gasteiger partial charge in [-0.25, -0.2) is 0 Å². The number of hydrogen-bond donors (Lipinski definition) is 1. The predicted octanol–water partition coefficient (Wildman–Crippen LogP) is 2.84. The highest BCUT2D eigenvalue weighted by Crippen LogP contribution is 2.29. The summed E-state index contributed by atoms with van der Waals surface area (Å²) in [7, 11) is 0. The number of aromatic nitrogens is 3. The SMILES string of the molecule is CC[C@@H](O)c1ccc(Sc2nnc(C)s2)cn1. The Hall–Kier alpha value is -0.980. The van der Waals surface area contributed by atoms with E-state index in [1.54, 1.807) is 17.5 Å². The highest BCUT2D eigenvalue weighted by Gasteiger charge is 2.07. The van der Waals surface area contributed by atoms with E-state index in [0.29, 0.717) is 12.1 Å². The number of aliphatic hydroxyl groups is 1. The highest BCUT2D eigenvalue weighted by molar-refractivity contribution is 8.01. The fourth-order valence-electron chi connectivity index (χ4n) is 1.28. The molecule has 0 bridgehead atoms. The molecular formula is C11H13N3OS2. The second-order valence-electron chi connectivity index (χ2n) is 3.53. The number of pyridine rings is 1. The van der Waals surface area contributed by atoms with E-state index in [9.17, 15) is 5.11 Å². The van der Waals surface area contributed by atoms with E-state index in [4.69, 9.17) is 0 Å². The molecule has 1 N–H and O–H groups in total. The first kappa shape index (κ1) is 12.5. The van der Waals surface area contributed by atoms with Gasteiger partial charge in [-0.15, -0.1) is 10.2 Å². The number of nitrogens with zero attached hydrogens (tertiary/aromatic N) is 3. The monoisotopic (exact) mass is 267 g/mol. The Morgan fingerprint density at radius 3 is 2.76 bits per heavy atom. The number of rotatable bonds is 4. The summed E-state index contributed by atoms with van der Waals surface area (Å²) in [6.07, 6.45) is 1.96. The molecule has 4 nitrogen and oxygen atoms in total. The number of hydrogen-bond acceptors (Lipinski definition) is 6. The zero-order valence-corrected chi connectivity index (χ0v) is 11.3. The summed E-state index contributed by atoms with van der Waals surface area (Å²) >= 11 is 3.10. The van der Waals surface area contributed by atoms with E-state index >= 15 is 0 Å². The summed E-state index contributed by atoms with van der Waals surface area (Å²) in [5.41, 5.74) is 0.713. The van der Waals surface area contributed by atoms with Crippen LogP contribution in [0.4, 0.5) is 0 Å². The lowest BCUT2D eigenvalue weighted by Crippen LogP contribution is -1.97. The molecular weight excluding hydrogens is 254 g/mol. The van der Waals surface area contributed by atoms with Crippen molar-refractivity contribution in [1.29, 1.82) is 0 Å². The molecule has 17 heavy (non-hydrogen) atoms. The third kappa shape index (κ3) is 3.24. The van der Waals surface area contributed by atoms with Crippen molar-refractivity contribution in [3.8, 4) is 0 Å². The van der Waals surface area contributed by atoms with E-state index in [2.05, 4.69) is 15.2 Å². The summed E-state index contributed by atoms with van der Waals surface area (Å²) in [6.45, 7) is 3.86. The Kier molecular flexibility index (Phi) is 4.09. The molecule has 0 fully saturated rings. The van der Waals surface area contributed by atoms with E-state index in [0.717, 1.165) is 14.2 Å². The maximum Gasteiger partial charge on any atom is 0.179 e. The minimum absolute atomic E-state index is 0.474. The largest absolute Gasteiger partial charge is 0.387 e. The maximum atomic E-state index is 9.62. The van der Waals surface area contributed by atoms with Crippen molar-refractivity contribution in [1.82, 2.24) is 15.2 Å². The van der Waals surface area contributed by atoms with Crippen molar-refractivity contribution < 1.29 is 5.11 Å². The van der Waals surface area contributed by atoms with Crippen molar-refractivity contribution in [3.63, 3.8) is 0 Å². The molecule has 0 amide bonds. The van der Waals surface area contributed by atoms with E-state index in [1.807, 2.05) is 26.0 Å². The molecule has 2 aromatic heterocycles. The summed E-state index contributed by atoms with van der Waals surface area (Å²) in [4.78, 5) is 5.25. The van der Waals surface area contributed by atoms with Gasteiger partial charge in [0.1, 0.15) is 5.01 Å². The van der Waals surface area contributed by atoms with Crippen LogP contribution in [0.25, 0.3) is 0 Å². The lowest BCUT2D eigenvalue weighted by Gasteiger charge is -2.06. The molecule has 2 rings (SSSR count). The van der Waals surface area contributed by atoms with Gasteiger partial charge in [-0.1, -0.05) is 30.0 Å². The van der Waals surface area contributed by atoms with Crippen LogP contribution in [0.2, 0.25) is 0 Å². The van der Waals surface area contributed by atoms with Gasteiger partial charge in [-0.05, 0) is 25.5 Å². The smallest absolute Gasteiger partial charge is 0.179 e. The molecule has 1 atom stereocenters. The number of aryl methyl sites for hydroxylation is 1. The standard InChI is InChI=1S/C11H13N3OS2/c1-3-10(15)9-5-4-8(6-12-9)17-11-14-13-7(2)16-11/h4-6,10,15H,3H2,1-2H3/t10-/m1/s1. The topological polar surface area (TPSA) is 58.9 Å². The molecule has 90 valence electrons. The molecule has 0 spiro atoms. The molecule has 2 heterocycles. The average molecular weight is 267 g/mol. The molecule has 0 saturated carbocycles. The van der Waals surface area contributed by atoms with Crippen LogP contribution in [0.15, 0.2) is 27.6 Å². The van der Waals surface area contributed by atoms with Crippen LogP contribution in [-0.2, 0) is 0 Å². The number of aliphatic hydroxyl groups excluding tert-OH is 1. The third-order valence-electron chi connectivity index (χ3n) is 2.20. The van der Waals surface area contributed by atoms with Gasteiger partial charge in [0, 0.05) is 11.1 Å². The molecule has 0 aliphatic carbocycles. The molecule has 2 aromatic rings. The first-order chi connectivity index (χ1) is 8.19. The average Bonchev–Trinajstić information content (AvgIpc) is 2.75. The van der Waals surface area contributed by atoms with E-state index in [-0.39, 0.29) is 0 Å². The van der Waals surface area contributed by atoms with Crippen LogP contribution in [-0.4, -0.2) is 20.3 Å². The Morgan fingerprint density at radius 2 is 2.24 bits per heavy atom. The zero-order valence-electron chi connectivity index (χ0n) is 9.62. The van der Waals surface area contributed by atoms with E-state index in [1.165, 1.54) is 11.8 Å². The second kappa shape index (κ2) is 5.57. The van der Waals surface area contributed by atoms with E-state index < -0.39 is 6.10 Å². The fraction of sp³-hybridized carbons (Fsp3) is 0.364. The Balaban J connectivity index is 2.08. The molecule has 0 unspecified atom stereocenters. The van der Waals surface area contributed by atoms with Crippen LogP contribution in [0, 0.1) is 6.92 Å². The maximum absolute atomic E-state index is 9.62. The van der Waals surface area contributed by atoms with Gasteiger partial charge in [0.15, 0.2) is 4.34 Å². The Bertz CT molecular complexity index is 484. The van der Waals surface area contributed by atoms with Crippen molar-refractivity contribution in [3.05, 3.63) is 29.0 Å². The second-order valence-corrected chi connectivity index (χ2v) is 6.03. The molecule has 0 aliphatic heterocycles. The predicted molar refractivity (Wildman–Crippen MR) is 68.3 cm³/mol.